The first-order valence-electron chi connectivity index (χ1n) is 9.95. The third-order valence-corrected chi connectivity index (χ3v) is 5.69. The van der Waals surface area contributed by atoms with Crippen LogP contribution in [0.1, 0.15) is 25.0 Å². The number of amides is 1. The molecule has 0 bridgehead atoms. The fraction of sp³-hybridized carbons (Fsp3) is 0.348. The topological polar surface area (TPSA) is 90.9 Å². The molecule has 3 rings (SSSR count). The number of thioether (sulfide) groups is 1. The van der Waals surface area contributed by atoms with Gasteiger partial charge in [0, 0.05) is 12.7 Å². The molecule has 1 aliphatic heterocycles. The molecule has 164 valence electrons. The van der Waals surface area contributed by atoms with Gasteiger partial charge in [-0.3, -0.25) is 9.59 Å². The standard InChI is InChI=1S/C23H25NO6S/c1-15(23(27)28-12-17-6-4-3-5-7-17)24-22(26)19(13-31-16(2)25)10-18-8-9-20-21(11-18)30-14-29-20/h3-9,11,15,19H,10,12-14H2,1-2H3,(H,24,26)/t15-,19?/m0/s1. The number of carbonyl (C=O) groups is 3. The molecule has 0 spiro atoms. The molecule has 0 saturated heterocycles. The van der Waals surface area contributed by atoms with Crippen LogP contribution in [0.25, 0.3) is 0 Å². The molecule has 0 aliphatic carbocycles. The number of carbonyl (C=O) groups excluding carboxylic acids is 3. The Hall–Kier alpha value is -3.00. The number of hydrogen-bond acceptors (Lipinski definition) is 7. The Labute approximate surface area is 185 Å². The molecule has 0 radical (unpaired) electrons. The molecule has 8 heteroatoms. The van der Waals surface area contributed by atoms with E-state index in [1.54, 1.807) is 13.0 Å². The van der Waals surface area contributed by atoms with Gasteiger partial charge >= 0.3 is 5.97 Å². The highest BCUT2D eigenvalue weighted by Crippen LogP contribution is 2.33. The molecular weight excluding hydrogens is 418 g/mol. The van der Waals surface area contributed by atoms with Crippen molar-refractivity contribution in [3.8, 4) is 11.5 Å². The van der Waals surface area contributed by atoms with Gasteiger partial charge in [-0.15, -0.1) is 0 Å². The highest BCUT2D eigenvalue weighted by Gasteiger charge is 2.25. The van der Waals surface area contributed by atoms with Crippen LogP contribution in [0.2, 0.25) is 0 Å². The highest BCUT2D eigenvalue weighted by molar-refractivity contribution is 8.13. The van der Waals surface area contributed by atoms with Crippen LogP contribution in [-0.2, 0) is 32.1 Å². The van der Waals surface area contributed by atoms with E-state index in [0.717, 1.165) is 22.9 Å². The maximum absolute atomic E-state index is 12.9. The fourth-order valence-corrected chi connectivity index (χ4v) is 3.75. The molecule has 0 fully saturated rings. The monoisotopic (exact) mass is 443 g/mol. The highest BCUT2D eigenvalue weighted by atomic mass is 32.2. The fourth-order valence-electron chi connectivity index (χ4n) is 3.04. The van der Waals surface area contributed by atoms with Crippen LogP contribution < -0.4 is 14.8 Å². The summed E-state index contributed by atoms with van der Waals surface area (Å²) in [5.74, 6) is 0.278. The molecule has 1 N–H and O–H groups in total. The first kappa shape index (κ1) is 22.7. The lowest BCUT2D eigenvalue weighted by Gasteiger charge is -2.19. The van der Waals surface area contributed by atoms with Crippen molar-refractivity contribution in [2.75, 3.05) is 12.5 Å². The van der Waals surface area contributed by atoms with Crippen molar-refractivity contribution < 1.29 is 28.6 Å². The minimum absolute atomic E-state index is 0.0706. The molecule has 1 heterocycles. The van der Waals surface area contributed by atoms with Gasteiger partial charge in [-0.2, -0.15) is 0 Å². The summed E-state index contributed by atoms with van der Waals surface area (Å²) in [5, 5.41) is 2.65. The zero-order valence-electron chi connectivity index (χ0n) is 17.5. The summed E-state index contributed by atoms with van der Waals surface area (Å²) < 4.78 is 16.0. The SMILES string of the molecule is CC(=O)SCC(Cc1ccc2c(c1)OCO2)C(=O)N[C@@H](C)C(=O)OCc1ccccc1. The lowest BCUT2D eigenvalue weighted by Crippen LogP contribution is -2.43. The summed E-state index contributed by atoms with van der Waals surface area (Å²) in [5.41, 5.74) is 1.75. The smallest absolute Gasteiger partial charge is 0.328 e. The Kier molecular flexibility index (Phi) is 7.94. The minimum Gasteiger partial charge on any atom is -0.459 e. The van der Waals surface area contributed by atoms with E-state index in [0.29, 0.717) is 23.7 Å². The largest absolute Gasteiger partial charge is 0.459 e. The van der Waals surface area contributed by atoms with Gasteiger partial charge < -0.3 is 19.5 Å². The summed E-state index contributed by atoms with van der Waals surface area (Å²) in [7, 11) is 0. The minimum atomic E-state index is -0.808. The van der Waals surface area contributed by atoms with Gasteiger partial charge in [0.2, 0.25) is 12.7 Å². The maximum atomic E-state index is 12.9. The van der Waals surface area contributed by atoms with Crippen molar-refractivity contribution in [3.05, 3.63) is 59.7 Å². The number of benzene rings is 2. The van der Waals surface area contributed by atoms with Crippen LogP contribution in [0, 0.1) is 5.92 Å². The van der Waals surface area contributed by atoms with E-state index in [1.165, 1.54) is 6.92 Å². The number of ether oxygens (including phenoxy) is 3. The van der Waals surface area contributed by atoms with Crippen LogP contribution in [0.4, 0.5) is 0 Å². The van der Waals surface area contributed by atoms with Crippen LogP contribution >= 0.6 is 11.8 Å². The number of esters is 1. The van der Waals surface area contributed by atoms with Crippen molar-refractivity contribution in [3.63, 3.8) is 0 Å². The molecule has 2 aromatic carbocycles. The molecule has 7 nitrogen and oxygen atoms in total. The van der Waals surface area contributed by atoms with E-state index in [9.17, 15) is 14.4 Å². The zero-order valence-corrected chi connectivity index (χ0v) is 18.3. The van der Waals surface area contributed by atoms with Crippen molar-refractivity contribution in [2.45, 2.75) is 32.9 Å². The third kappa shape index (κ3) is 6.75. The first-order valence-corrected chi connectivity index (χ1v) is 10.9. The van der Waals surface area contributed by atoms with Gasteiger partial charge in [-0.05, 0) is 36.6 Å². The lowest BCUT2D eigenvalue weighted by atomic mass is 9.99. The predicted octanol–water partition coefficient (Wildman–Crippen LogP) is 3.10. The normalized spacial score (nSPS) is 13.9. The van der Waals surface area contributed by atoms with E-state index in [1.807, 2.05) is 42.5 Å². The van der Waals surface area contributed by atoms with Crippen LogP contribution in [0.5, 0.6) is 11.5 Å². The molecule has 1 unspecified atom stereocenters. The molecule has 0 saturated carbocycles. The summed E-state index contributed by atoms with van der Waals surface area (Å²) in [4.78, 5) is 36.6. The average Bonchev–Trinajstić information content (AvgIpc) is 3.23. The zero-order chi connectivity index (χ0) is 22.2. The number of fused-ring (bicyclic) bond motifs is 1. The van der Waals surface area contributed by atoms with E-state index >= 15 is 0 Å². The van der Waals surface area contributed by atoms with Gasteiger partial charge in [-0.25, -0.2) is 4.79 Å². The lowest BCUT2D eigenvalue weighted by molar-refractivity contribution is -0.148. The molecule has 0 aromatic heterocycles. The van der Waals surface area contributed by atoms with Gasteiger partial charge in [0.25, 0.3) is 0 Å². The van der Waals surface area contributed by atoms with Crippen molar-refractivity contribution in [2.24, 2.45) is 5.92 Å². The number of hydrogen-bond donors (Lipinski definition) is 1. The molecule has 1 aliphatic rings. The molecule has 1 amide bonds. The second-order valence-corrected chi connectivity index (χ2v) is 8.41. The molecular formula is C23H25NO6S. The second-order valence-electron chi connectivity index (χ2n) is 7.21. The van der Waals surface area contributed by atoms with Crippen LogP contribution in [0.3, 0.4) is 0 Å². The van der Waals surface area contributed by atoms with Gasteiger partial charge in [0.05, 0.1) is 5.92 Å². The summed E-state index contributed by atoms with van der Waals surface area (Å²) in [6.45, 7) is 3.36. The number of nitrogens with one attached hydrogen (secondary N) is 1. The second kappa shape index (κ2) is 10.9. The predicted molar refractivity (Wildman–Crippen MR) is 117 cm³/mol. The Morgan fingerprint density at radius 3 is 2.55 bits per heavy atom. The van der Waals surface area contributed by atoms with Crippen LogP contribution in [0.15, 0.2) is 48.5 Å². The maximum Gasteiger partial charge on any atom is 0.328 e. The van der Waals surface area contributed by atoms with Crippen molar-refractivity contribution in [1.82, 2.24) is 5.32 Å². The summed E-state index contributed by atoms with van der Waals surface area (Å²) in [6.07, 6.45) is 0.397. The Morgan fingerprint density at radius 2 is 1.81 bits per heavy atom. The summed E-state index contributed by atoms with van der Waals surface area (Å²) >= 11 is 1.08. The van der Waals surface area contributed by atoms with E-state index in [2.05, 4.69) is 5.32 Å². The molecule has 2 aromatic rings. The Balaban J connectivity index is 1.59. The van der Waals surface area contributed by atoms with Crippen LogP contribution in [-0.4, -0.2) is 35.6 Å². The molecule has 31 heavy (non-hydrogen) atoms. The van der Waals surface area contributed by atoms with Crippen molar-refractivity contribution >= 4 is 28.8 Å². The Morgan fingerprint density at radius 1 is 1.06 bits per heavy atom. The first-order chi connectivity index (χ1) is 14.9. The average molecular weight is 444 g/mol. The van der Waals surface area contributed by atoms with Gasteiger partial charge in [0.1, 0.15) is 12.6 Å². The quantitative estimate of drug-likeness (QED) is 0.596. The third-order valence-electron chi connectivity index (χ3n) is 4.71. The van der Waals surface area contributed by atoms with Gasteiger partial charge in [-0.1, -0.05) is 48.2 Å². The van der Waals surface area contributed by atoms with E-state index < -0.39 is 17.9 Å². The van der Waals surface area contributed by atoms with Crippen molar-refractivity contribution in [1.29, 1.82) is 0 Å². The number of rotatable bonds is 9. The van der Waals surface area contributed by atoms with Gasteiger partial charge in [0.15, 0.2) is 16.6 Å². The van der Waals surface area contributed by atoms with E-state index in [-0.39, 0.29) is 24.4 Å². The summed E-state index contributed by atoms with van der Waals surface area (Å²) in [6, 6.07) is 14.0. The van der Waals surface area contributed by atoms with E-state index in [4.69, 9.17) is 14.2 Å². The molecule has 2 atom stereocenters. The Bertz CT molecular complexity index is 933.